The van der Waals surface area contributed by atoms with Crippen molar-refractivity contribution in [3.05, 3.63) is 27.9 Å². The summed E-state index contributed by atoms with van der Waals surface area (Å²) < 4.78 is 26.2. The fraction of sp³-hybridized carbons (Fsp3) is 0.692. The van der Waals surface area contributed by atoms with E-state index in [1.165, 1.54) is 29.8 Å². The molecule has 0 bridgehead atoms. The van der Waals surface area contributed by atoms with Gasteiger partial charge in [-0.3, -0.25) is 9.36 Å². The summed E-state index contributed by atoms with van der Waals surface area (Å²) in [5, 5.41) is 0. The van der Waals surface area contributed by atoms with Crippen molar-refractivity contribution in [3.63, 3.8) is 0 Å². The molecule has 0 amide bonds. The summed E-state index contributed by atoms with van der Waals surface area (Å²) in [4.78, 5) is 16.7. The van der Waals surface area contributed by atoms with Crippen molar-refractivity contribution in [1.82, 2.24) is 13.9 Å². The Balaban J connectivity index is 1.87. The molecule has 110 valence electrons. The lowest BCUT2D eigenvalue weighted by atomic mass is 9.85. The maximum atomic E-state index is 12.4. The van der Waals surface area contributed by atoms with Gasteiger partial charge >= 0.3 is 0 Å². The van der Waals surface area contributed by atoms with Gasteiger partial charge in [-0.05, 0) is 25.2 Å². The van der Waals surface area contributed by atoms with Crippen molar-refractivity contribution < 1.29 is 8.42 Å². The molecule has 1 aromatic rings. The molecule has 0 unspecified atom stereocenters. The largest absolute Gasteiger partial charge is 0.299 e. The Hall–Kier alpha value is -1.21. The van der Waals surface area contributed by atoms with E-state index < -0.39 is 10.0 Å². The zero-order valence-electron chi connectivity index (χ0n) is 11.6. The molecule has 1 fully saturated rings. The molecule has 1 aromatic heterocycles. The van der Waals surface area contributed by atoms with E-state index in [0.29, 0.717) is 30.1 Å². The maximum absolute atomic E-state index is 12.4. The summed E-state index contributed by atoms with van der Waals surface area (Å²) >= 11 is 0. The first kappa shape index (κ1) is 13.8. The highest BCUT2D eigenvalue weighted by molar-refractivity contribution is 7.88. The third-order valence-electron chi connectivity index (χ3n) is 4.31. The molecule has 0 N–H and O–H groups in total. The maximum Gasteiger partial charge on any atom is 0.256 e. The second kappa shape index (κ2) is 4.96. The number of rotatable bonds is 3. The predicted octanol–water partition coefficient (Wildman–Crippen LogP) is 0.361. The van der Waals surface area contributed by atoms with Crippen LogP contribution in [0.25, 0.3) is 0 Å². The molecule has 0 spiro atoms. The zero-order valence-corrected chi connectivity index (χ0v) is 12.4. The Morgan fingerprint density at radius 2 is 2.15 bits per heavy atom. The van der Waals surface area contributed by atoms with Crippen molar-refractivity contribution >= 4 is 10.0 Å². The molecule has 1 aliphatic carbocycles. The Morgan fingerprint density at radius 1 is 1.40 bits per heavy atom. The van der Waals surface area contributed by atoms with E-state index in [2.05, 4.69) is 4.98 Å². The SMILES string of the molecule is CS(=O)(=O)N1CCc2c(ncn(CC3CCC3)c2=O)C1. The van der Waals surface area contributed by atoms with Gasteiger partial charge in [0.05, 0.1) is 24.8 Å². The van der Waals surface area contributed by atoms with Crippen molar-refractivity contribution in [2.45, 2.75) is 38.8 Å². The quantitative estimate of drug-likeness (QED) is 0.807. The summed E-state index contributed by atoms with van der Waals surface area (Å²) in [6.45, 7) is 1.33. The van der Waals surface area contributed by atoms with Crippen LogP contribution < -0.4 is 5.56 Å². The second-order valence-corrected chi connectivity index (χ2v) is 7.75. The normalized spacial score (nSPS) is 20.4. The zero-order chi connectivity index (χ0) is 14.3. The molecule has 6 nitrogen and oxygen atoms in total. The minimum Gasteiger partial charge on any atom is -0.299 e. The molecule has 7 heteroatoms. The van der Waals surface area contributed by atoms with Crippen LogP contribution in [0.4, 0.5) is 0 Å². The minimum absolute atomic E-state index is 0.00931. The monoisotopic (exact) mass is 297 g/mol. The van der Waals surface area contributed by atoms with Gasteiger partial charge in [0, 0.05) is 18.7 Å². The van der Waals surface area contributed by atoms with Gasteiger partial charge in [0.15, 0.2) is 0 Å². The molecule has 20 heavy (non-hydrogen) atoms. The van der Waals surface area contributed by atoms with Crippen molar-refractivity contribution in [1.29, 1.82) is 0 Å². The predicted molar refractivity (Wildman–Crippen MR) is 74.8 cm³/mol. The Kier molecular flexibility index (Phi) is 3.41. The molecule has 0 saturated heterocycles. The van der Waals surface area contributed by atoms with Gasteiger partial charge in [-0.1, -0.05) is 6.42 Å². The van der Waals surface area contributed by atoms with E-state index >= 15 is 0 Å². The second-order valence-electron chi connectivity index (χ2n) is 5.77. The molecule has 3 rings (SSSR count). The van der Waals surface area contributed by atoms with Crippen LogP contribution in [0.1, 0.15) is 30.5 Å². The van der Waals surface area contributed by atoms with E-state index in [-0.39, 0.29) is 12.1 Å². The molecule has 2 aliphatic rings. The van der Waals surface area contributed by atoms with Crippen molar-refractivity contribution in [2.24, 2.45) is 5.92 Å². The summed E-state index contributed by atoms with van der Waals surface area (Å²) in [5.74, 6) is 0.601. The number of aromatic nitrogens is 2. The van der Waals surface area contributed by atoms with Crippen LogP contribution in [-0.4, -0.2) is 35.1 Å². The molecular weight excluding hydrogens is 278 g/mol. The van der Waals surface area contributed by atoms with Crippen LogP contribution in [0.2, 0.25) is 0 Å². The molecule has 1 saturated carbocycles. The first-order valence-corrected chi connectivity index (χ1v) is 8.82. The Labute approximate surface area is 118 Å². The lowest BCUT2D eigenvalue weighted by molar-refractivity contribution is 0.271. The third kappa shape index (κ3) is 2.52. The van der Waals surface area contributed by atoms with Crippen LogP contribution in [0, 0.1) is 5.92 Å². The van der Waals surface area contributed by atoms with Gasteiger partial charge in [0.1, 0.15) is 0 Å². The number of hydrogen-bond donors (Lipinski definition) is 0. The van der Waals surface area contributed by atoms with Crippen LogP contribution in [-0.2, 0) is 29.5 Å². The van der Waals surface area contributed by atoms with Gasteiger partial charge in [0.2, 0.25) is 10.0 Å². The van der Waals surface area contributed by atoms with Crippen LogP contribution >= 0.6 is 0 Å². The highest BCUT2D eigenvalue weighted by Crippen LogP contribution is 2.27. The van der Waals surface area contributed by atoms with Crippen molar-refractivity contribution in [2.75, 3.05) is 12.8 Å². The third-order valence-corrected chi connectivity index (χ3v) is 5.56. The van der Waals surface area contributed by atoms with Gasteiger partial charge in [-0.25, -0.2) is 13.4 Å². The Morgan fingerprint density at radius 3 is 2.75 bits per heavy atom. The molecule has 0 radical (unpaired) electrons. The number of hydrogen-bond acceptors (Lipinski definition) is 4. The lowest BCUT2D eigenvalue weighted by Crippen LogP contribution is -2.40. The van der Waals surface area contributed by atoms with E-state index in [1.807, 2.05) is 0 Å². The lowest BCUT2D eigenvalue weighted by Gasteiger charge is -2.28. The summed E-state index contributed by atoms with van der Waals surface area (Å²) in [5.41, 5.74) is 1.30. The Bertz CT molecular complexity index is 677. The fourth-order valence-corrected chi connectivity index (χ4v) is 3.58. The average molecular weight is 297 g/mol. The smallest absolute Gasteiger partial charge is 0.256 e. The molecule has 2 heterocycles. The molecule has 0 atom stereocenters. The van der Waals surface area contributed by atoms with Gasteiger partial charge in [-0.2, -0.15) is 4.31 Å². The summed E-state index contributed by atoms with van der Waals surface area (Å²) in [6.07, 6.45) is 6.85. The molecule has 1 aliphatic heterocycles. The average Bonchev–Trinajstić information content (AvgIpc) is 2.34. The molecular formula is C13H19N3O3S. The highest BCUT2D eigenvalue weighted by atomic mass is 32.2. The van der Waals surface area contributed by atoms with Crippen LogP contribution in [0.5, 0.6) is 0 Å². The van der Waals surface area contributed by atoms with E-state index in [0.717, 1.165) is 6.54 Å². The summed E-state index contributed by atoms with van der Waals surface area (Å²) in [7, 11) is -3.22. The number of fused-ring (bicyclic) bond motifs is 1. The highest BCUT2D eigenvalue weighted by Gasteiger charge is 2.27. The van der Waals surface area contributed by atoms with E-state index in [4.69, 9.17) is 0 Å². The summed E-state index contributed by atoms with van der Waals surface area (Å²) in [6, 6.07) is 0. The van der Waals surface area contributed by atoms with Crippen molar-refractivity contribution in [3.8, 4) is 0 Å². The van der Waals surface area contributed by atoms with E-state index in [9.17, 15) is 13.2 Å². The van der Waals surface area contributed by atoms with Crippen LogP contribution in [0.15, 0.2) is 11.1 Å². The van der Waals surface area contributed by atoms with Gasteiger partial charge in [0.25, 0.3) is 5.56 Å². The van der Waals surface area contributed by atoms with Crippen LogP contribution in [0.3, 0.4) is 0 Å². The molecule has 0 aromatic carbocycles. The minimum atomic E-state index is -3.22. The number of nitrogens with zero attached hydrogens (tertiary/aromatic N) is 3. The standard InChI is InChI=1S/C13H19N3O3S/c1-20(18,19)16-6-5-11-12(8-16)14-9-15(13(11)17)7-10-3-2-4-10/h9-10H,2-8H2,1H3. The first-order valence-electron chi connectivity index (χ1n) is 6.97. The van der Waals surface area contributed by atoms with E-state index in [1.54, 1.807) is 10.9 Å². The topological polar surface area (TPSA) is 72.3 Å². The number of sulfonamides is 1. The first-order chi connectivity index (χ1) is 9.45. The van der Waals surface area contributed by atoms with Gasteiger partial charge < -0.3 is 0 Å². The van der Waals surface area contributed by atoms with Gasteiger partial charge in [-0.15, -0.1) is 0 Å². The fourth-order valence-electron chi connectivity index (χ4n) is 2.80.